The molecular formula is C34H34F6N4O5S. The molecule has 2 aliphatic heterocycles. The minimum atomic E-state index is -5.09. The summed E-state index contributed by atoms with van der Waals surface area (Å²) in [5.74, 6) is -2.35. The minimum Gasteiger partial charge on any atom is -0.467 e. The molecule has 2 fully saturated rings. The molecule has 1 aliphatic carbocycles. The van der Waals surface area contributed by atoms with Crippen molar-refractivity contribution in [3.63, 3.8) is 0 Å². The van der Waals surface area contributed by atoms with Gasteiger partial charge in [-0.15, -0.1) is 0 Å². The van der Waals surface area contributed by atoms with E-state index in [9.17, 15) is 40.7 Å². The zero-order chi connectivity index (χ0) is 35.8. The second-order valence-electron chi connectivity index (χ2n) is 12.7. The highest BCUT2D eigenvalue weighted by atomic mass is 32.1. The zero-order valence-corrected chi connectivity index (χ0v) is 27.6. The first-order valence-corrected chi connectivity index (χ1v) is 17.0. The Labute approximate surface area is 287 Å². The number of para-hydroxylation sites is 1. The molecule has 0 unspecified atom stereocenters. The van der Waals surface area contributed by atoms with E-state index in [1.54, 1.807) is 6.07 Å². The van der Waals surface area contributed by atoms with Crippen molar-refractivity contribution in [3.8, 4) is 5.19 Å². The van der Waals surface area contributed by atoms with Gasteiger partial charge in [0.1, 0.15) is 23.7 Å². The lowest BCUT2D eigenvalue weighted by Gasteiger charge is -2.30. The number of esters is 1. The number of hydrogen-bond acceptors (Lipinski definition) is 8. The summed E-state index contributed by atoms with van der Waals surface area (Å²) in [7, 11) is 1.21. The highest BCUT2D eigenvalue weighted by Crippen LogP contribution is 2.46. The predicted octanol–water partition coefficient (Wildman–Crippen LogP) is 6.73. The van der Waals surface area contributed by atoms with Gasteiger partial charge in [-0.25, -0.2) is 9.78 Å². The summed E-state index contributed by atoms with van der Waals surface area (Å²) in [4.78, 5) is 46.9. The molecule has 3 aliphatic rings. The fourth-order valence-corrected chi connectivity index (χ4v) is 7.48. The van der Waals surface area contributed by atoms with E-state index in [0.717, 1.165) is 4.70 Å². The highest BCUT2D eigenvalue weighted by Gasteiger charge is 2.62. The molecule has 0 spiro atoms. The van der Waals surface area contributed by atoms with E-state index in [1.165, 1.54) is 23.3 Å². The predicted molar refractivity (Wildman–Crippen MR) is 171 cm³/mol. The standard InChI is InChI=1S/C34H34F6N4O5S/c1-48-30(47)32-17-19(32)9-5-3-2-4-6-11-25(41-22-14-20(33(35,36)37)13-21(15-22)34(38,39)40)29(46)44-18-23(16-26(44)28(45)43-32)49-31-42-24-10-7-8-12-27(24)50-31/h5,7-10,12-15,19,23,25-26,41H,2-4,6,11,16-18H2,1H3,(H,43,45)/t19-,23-,25+,26+,32-/m1/s1. The number of thiazole rings is 1. The highest BCUT2D eigenvalue weighted by molar-refractivity contribution is 7.20. The quantitative estimate of drug-likeness (QED) is 0.171. The summed E-state index contributed by atoms with van der Waals surface area (Å²) in [5.41, 5.74) is -4.25. The van der Waals surface area contributed by atoms with Crippen LogP contribution < -0.4 is 15.4 Å². The molecule has 16 heteroatoms. The van der Waals surface area contributed by atoms with Crippen molar-refractivity contribution in [2.24, 2.45) is 5.92 Å². The Morgan fingerprint density at radius 1 is 1.04 bits per heavy atom. The fourth-order valence-electron chi connectivity index (χ4n) is 6.60. The van der Waals surface area contributed by atoms with E-state index in [4.69, 9.17) is 9.47 Å². The number of anilines is 1. The Morgan fingerprint density at radius 3 is 2.44 bits per heavy atom. The molecule has 1 saturated heterocycles. The van der Waals surface area contributed by atoms with Gasteiger partial charge in [0, 0.05) is 18.0 Å². The van der Waals surface area contributed by atoms with Crippen LogP contribution in [0, 0.1) is 5.92 Å². The van der Waals surface area contributed by atoms with Crippen molar-refractivity contribution in [2.45, 2.75) is 81.0 Å². The summed E-state index contributed by atoms with van der Waals surface area (Å²) >= 11 is 1.27. The number of halogens is 6. The summed E-state index contributed by atoms with van der Waals surface area (Å²) in [5, 5.41) is 5.74. The number of fused-ring (bicyclic) bond motifs is 3. The van der Waals surface area contributed by atoms with E-state index in [0.29, 0.717) is 48.5 Å². The number of hydrogen-bond donors (Lipinski definition) is 2. The molecule has 9 nitrogen and oxygen atoms in total. The third kappa shape index (κ3) is 7.54. The Hall–Kier alpha value is -4.34. The van der Waals surface area contributed by atoms with Gasteiger partial charge in [0.15, 0.2) is 0 Å². The first-order chi connectivity index (χ1) is 23.7. The summed E-state index contributed by atoms with van der Waals surface area (Å²) in [6.45, 7) is -0.129. The average molecular weight is 725 g/mol. The normalized spacial score (nSPS) is 26.3. The van der Waals surface area contributed by atoms with Crippen LogP contribution in [-0.2, 0) is 31.5 Å². The first kappa shape index (κ1) is 35.5. The van der Waals surface area contributed by atoms with Gasteiger partial charge in [0.2, 0.25) is 11.8 Å². The number of methoxy groups -OCH3 is 1. The monoisotopic (exact) mass is 724 g/mol. The van der Waals surface area contributed by atoms with E-state index in [1.807, 2.05) is 30.4 Å². The van der Waals surface area contributed by atoms with Crippen molar-refractivity contribution in [1.82, 2.24) is 15.2 Å². The van der Waals surface area contributed by atoms with E-state index in [2.05, 4.69) is 15.6 Å². The zero-order valence-electron chi connectivity index (χ0n) is 26.8. The van der Waals surface area contributed by atoms with Gasteiger partial charge in [-0.05, 0) is 56.0 Å². The van der Waals surface area contributed by atoms with Crippen LogP contribution in [0.4, 0.5) is 32.0 Å². The van der Waals surface area contributed by atoms with E-state index in [-0.39, 0.29) is 37.8 Å². The molecule has 2 amide bonds. The molecule has 6 rings (SSSR count). The smallest absolute Gasteiger partial charge is 0.416 e. The lowest BCUT2D eigenvalue weighted by molar-refractivity contribution is -0.148. The van der Waals surface area contributed by atoms with Gasteiger partial charge >= 0.3 is 18.3 Å². The SMILES string of the molecule is COC(=O)[C@@]12C[C@H]1C=CCCCCC[C@H](Nc1cc(C(F)(F)F)cc(C(F)(F)F)c1)C(=O)N1C[C@H](Oc3nc4ccccc4s3)C[C@H]1C(=O)N2. The van der Waals surface area contributed by atoms with Gasteiger partial charge < -0.3 is 25.0 Å². The summed E-state index contributed by atoms with van der Waals surface area (Å²) < 4.78 is 94.1. The Bertz CT molecular complexity index is 1730. The van der Waals surface area contributed by atoms with Gasteiger partial charge in [0.05, 0.1) is 35.0 Å². The molecule has 268 valence electrons. The van der Waals surface area contributed by atoms with E-state index >= 15 is 0 Å². The molecule has 3 heterocycles. The molecule has 0 bridgehead atoms. The van der Waals surface area contributed by atoms with Crippen LogP contribution >= 0.6 is 11.3 Å². The van der Waals surface area contributed by atoms with Gasteiger partial charge in [0.25, 0.3) is 5.19 Å². The number of nitrogens with zero attached hydrogens (tertiary/aromatic N) is 2. The third-order valence-corrected chi connectivity index (χ3v) is 10.2. The number of amides is 2. The molecule has 5 atom stereocenters. The molecular weight excluding hydrogens is 690 g/mol. The molecule has 1 saturated carbocycles. The number of rotatable bonds is 5. The van der Waals surface area contributed by atoms with Crippen molar-refractivity contribution < 1.29 is 50.2 Å². The first-order valence-electron chi connectivity index (χ1n) is 16.1. The van der Waals surface area contributed by atoms with Gasteiger partial charge in [-0.3, -0.25) is 9.59 Å². The number of benzene rings is 2. The molecule has 1 aromatic heterocycles. The maximum Gasteiger partial charge on any atom is 0.416 e. The molecule has 3 aromatic rings. The number of carbonyl (C=O) groups excluding carboxylic acids is 3. The van der Waals surface area contributed by atoms with Crippen LogP contribution in [0.15, 0.2) is 54.6 Å². The number of allylic oxidation sites excluding steroid dienone is 1. The van der Waals surface area contributed by atoms with E-state index < -0.39 is 70.7 Å². The summed E-state index contributed by atoms with van der Waals surface area (Å²) in [6, 6.07) is 5.92. The van der Waals surface area contributed by atoms with Crippen LogP contribution in [0.1, 0.15) is 56.1 Å². The van der Waals surface area contributed by atoms with Gasteiger partial charge in [-0.1, -0.05) is 48.5 Å². The van der Waals surface area contributed by atoms with Crippen LogP contribution in [0.2, 0.25) is 0 Å². The van der Waals surface area contributed by atoms with Crippen LogP contribution in [0.3, 0.4) is 0 Å². The molecule has 2 aromatic carbocycles. The largest absolute Gasteiger partial charge is 0.467 e. The molecule has 0 radical (unpaired) electrons. The maximum atomic E-state index is 14.3. The number of alkyl halides is 6. The topological polar surface area (TPSA) is 110 Å². The molecule has 50 heavy (non-hydrogen) atoms. The number of carbonyl (C=O) groups is 3. The lowest BCUT2D eigenvalue weighted by Crippen LogP contribution is -2.55. The fraction of sp³-hybridized carbons (Fsp3) is 0.471. The van der Waals surface area contributed by atoms with Crippen LogP contribution in [0.5, 0.6) is 5.19 Å². The molecule has 2 N–H and O–H groups in total. The van der Waals surface area contributed by atoms with Crippen molar-refractivity contribution in [2.75, 3.05) is 19.0 Å². The second kappa shape index (κ2) is 13.8. The average Bonchev–Trinajstić information content (AvgIpc) is 3.36. The number of ether oxygens (including phenoxy) is 2. The Kier molecular flexibility index (Phi) is 9.76. The second-order valence-corrected chi connectivity index (χ2v) is 13.7. The van der Waals surface area contributed by atoms with Crippen molar-refractivity contribution in [3.05, 3.63) is 65.7 Å². The van der Waals surface area contributed by atoms with Crippen LogP contribution in [0.25, 0.3) is 10.2 Å². The van der Waals surface area contributed by atoms with Crippen molar-refractivity contribution >= 4 is 45.0 Å². The minimum absolute atomic E-state index is 0.0141. The third-order valence-electron chi connectivity index (χ3n) is 9.26. The number of nitrogens with one attached hydrogen (secondary N) is 2. The summed E-state index contributed by atoms with van der Waals surface area (Å²) in [6.07, 6.45) is -4.53. The lowest BCUT2D eigenvalue weighted by atomic mass is 10.0. The van der Waals surface area contributed by atoms with Crippen molar-refractivity contribution in [1.29, 1.82) is 0 Å². The van der Waals surface area contributed by atoms with Gasteiger partial charge in [-0.2, -0.15) is 26.3 Å². The maximum absolute atomic E-state index is 14.3. The van der Waals surface area contributed by atoms with Crippen LogP contribution in [-0.4, -0.2) is 65.0 Å². The number of aromatic nitrogens is 1. The Morgan fingerprint density at radius 2 is 1.76 bits per heavy atom. The Balaban J connectivity index is 1.34.